The Hall–Kier alpha value is -2.90. The Balaban J connectivity index is 1.18. The maximum Gasteiger partial charge on any atom is 0.249 e. The molecule has 3 aromatic rings. The normalized spacial score (nSPS) is 16.9. The molecule has 0 amide bonds. The van der Waals surface area contributed by atoms with E-state index in [0.717, 1.165) is 31.5 Å². The Labute approximate surface area is 184 Å². The van der Waals surface area contributed by atoms with Crippen molar-refractivity contribution >= 4 is 17.4 Å². The molecule has 0 spiro atoms. The number of halogens is 1. The highest BCUT2D eigenvalue weighted by atomic mass is 35.5. The van der Waals surface area contributed by atoms with Crippen molar-refractivity contribution in [2.45, 2.75) is 19.4 Å². The van der Waals surface area contributed by atoms with Crippen LogP contribution in [-0.2, 0) is 6.54 Å². The second kappa shape index (κ2) is 8.69. The highest BCUT2D eigenvalue weighted by molar-refractivity contribution is 6.33. The van der Waals surface area contributed by atoms with E-state index in [1.807, 2.05) is 30.3 Å². The van der Waals surface area contributed by atoms with Crippen LogP contribution >= 0.6 is 11.6 Å². The topological polar surface area (TPSA) is 77.7 Å². The third-order valence-corrected chi connectivity index (χ3v) is 6.04. The first-order chi connectivity index (χ1) is 15.2. The van der Waals surface area contributed by atoms with Crippen LogP contribution in [-0.4, -0.2) is 47.2 Å². The molecule has 3 heterocycles. The number of hydrogen-bond acceptors (Lipinski definition) is 7. The average molecular weight is 440 g/mol. The minimum Gasteiger partial charge on any atom is -0.486 e. The Bertz CT molecular complexity index is 1090. The SMILES string of the molecule is O=C(c1ccc2c(c1)OCCO2)C1CCN(Cc2nnc(-c3ccccc3Cl)o2)CC1. The van der Waals surface area contributed by atoms with Crippen LogP contribution in [0.2, 0.25) is 5.02 Å². The summed E-state index contributed by atoms with van der Waals surface area (Å²) in [6, 6.07) is 12.9. The summed E-state index contributed by atoms with van der Waals surface area (Å²) in [6.07, 6.45) is 1.58. The Morgan fingerprint density at radius 2 is 1.81 bits per heavy atom. The summed E-state index contributed by atoms with van der Waals surface area (Å²) in [5, 5.41) is 8.87. The molecule has 5 rings (SSSR count). The molecule has 2 aromatic carbocycles. The van der Waals surface area contributed by atoms with Gasteiger partial charge in [0, 0.05) is 11.5 Å². The lowest BCUT2D eigenvalue weighted by Crippen LogP contribution is -2.36. The van der Waals surface area contributed by atoms with Gasteiger partial charge in [0.2, 0.25) is 11.8 Å². The van der Waals surface area contributed by atoms with Gasteiger partial charge in [0.25, 0.3) is 0 Å². The Kier molecular flexibility index (Phi) is 5.61. The molecule has 0 unspecified atom stereocenters. The lowest BCUT2D eigenvalue weighted by atomic mass is 9.88. The Morgan fingerprint density at radius 3 is 2.61 bits per heavy atom. The lowest BCUT2D eigenvalue weighted by molar-refractivity contribution is 0.0826. The van der Waals surface area contributed by atoms with Gasteiger partial charge in [0.05, 0.1) is 17.1 Å². The predicted octanol–water partition coefficient (Wildman–Crippen LogP) is 4.26. The molecular formula is C23H22ClN3O4. The van der Waals surface area contributed by atoms with E-state index < -0.39 is 0 Å². The number of nitrogens with zero attached hydrogens (tertiary/aromatic N) is 3. The van der Waals surface area contributed by atoms with Crippen LogP contribution in [0.5, 0.6) is 11.5 Å². The second-order valence-corrected chi connectivity index (χ2v) is 8.16. The maximum atomic E-state index is 13.0. The first-order valence-corrected chi connectivity index (χ1v) is 10.8. The van der Waals surface area contributed by atoms with Crippen LogP contribution in [0.1, 0.15) is 29.1 Å². The first-order valence-electron chi connectivity index (χ1n) is 10.4. The summed E-state index contributed by atoms with van der Waals surface area (Å²) in [5.74, 6) is 2.49. The van der Waals surface area contributed by atoms with Gasteiger partial charge in [-0.1, -0.05) is 23.7 Å². The van der Waals surface area contributed by atoms with Gasteiger partial charge >= 0.3 is 0 Å². The number of carbonyl (C=O) groups excluding carboxylic acids is 1. The van der Waals surface area contributed by atoms with Crippen LogP contribution in [0.3, 0.4) is 0 Å². The van der Waals surface area contributed by atoms with Gasteiger partial charge < -0.3 is 13.9 Å². The van der Waals surface area contributed by atoms with Gasteiger partial charge in [0.15, 0.2) is 17.3 Å². The zero-order valence-corrected chi connectivity index (χ0v) is 17.7. The van der Waals surface area contributed by atoms with Crippen molar-refractivity contribution in [3.63, 3.8) is 0 Å². The van der Waals surface area contributed by atoms with E-state index in [1.165, 1.54) is 0 Å². The average Bonchev–Trinajstić information content (AvgIpc) is 3.27. The summed E-state index contributed by atoms with van der Waals surface area (Å²) >= 11 is 6.21. The monoisotopic (exact) mass is 439 g/mol. The number of aromatic nitrogens is 2. The van der Waals surface area contributed by atoms with E-state index in [4.69, 9.17) is 25.5 Å². The molecule has 31 heavy (non-hydrogen) atoms. The third kappa shape index (κ3) is 4.29. The number of piperidine rings is 1. The fourth-order valence-electron chi connectivity index (χ4n) is 4.04. The Morgan fingerprint density at radius 1 is 1.03 bits per heavy atom. The van der Waals surface area contributed by atoms with Crippen LogP contribution < -0.4 is 9.47 Å². The minimum absolute atomic E-state index is 0.000167. The summed E-state index contributed by atoms with van der Waals surface area (Å²) in [4.78, 5) is 15.2. The molecule has 0 radical (unpaired) electrons. The van der Waals surface area contributed by atoms with Crippen LogP contribution in [0, 0.1) is 5.92 Å². The van der Waals surface area contributed by atoms with Crippen molar-refractivity contribution in [1.82, 2.24) is 15.1 Å². The van der Waals surface area contributed by atoms with Crippen LogP contribution in [0.15, 0.2) is 46.9 Å². The molecular weight excluding hydrogens is 418 g/mol. The zero-order chi connectivity index (χ0) is 21.2. The van der Waals surface area contributed by atoms with Gasteiger partial charge in [-0.3, -0.25) is 9.69 Å². The molecule has 0 saturated carbocycles. The largest absolute Gasteiger partial charge is 0.486 e. The quantitative estimate of drug-likeness (QED) is 0.550. The van der Waals surface area contributed by atoms with E-state index in [0.29, 0.717) is 53.6 Å². The van der Waals surface area contributed by atoms with Crippen molar-refractivity contribution in [2.24, 2.45) is 5.92 Å². The molecule has 1 saturated heterocycles. The van der Waals surface area contributed by atoms with Crippen LogP contribution in [0.25, 0.3) is 11.5 Å². The number of ether oxygens (including phenoxy) is 2. The molecule has 7 nitrogen and oxygen atoms in total. The first kappa shape index (κ1) is 20.0. The van der Waals surface area contributed by atoms with Gasteiger partial charge in [-0.05, 0) is 56.3 Å². The fraction of sp³-hybridized carbons (Fsp3) is 0.348. The van der Waals surface area contributed by atoms with Crippen molar-refractivity contribution in [3.05, 3.63) is 58.9 Å². The predicted molar refractivity (Wildman–Crippen MR) is 115 cm³/mol. The van der Waals surface area contributed by atoms with E-state index in [1.54, 1.807) is 12.1 Å². The summed E-state index contributed by atoms with van der Waals surface area (Å²) in [6.45, 7) is 3.20. The minimum atomic E-state index is 0.000167. The number of benzene rings is 2. The van der Waals surface area contributed by atoms with Crippen molar-refractivity contribution < 1.29 is 18.7 Å². The van der Waals surface area contributed by atoms with E-state index >= 15 is 0 Å². The van der Waals surface area contributed by atoms with Crippen molar-refractivity contribution in [1.29, 1.82) is 0 Å². The number of ketones is 1. The smallest absolute Gasteiger partial charge is 0.249 e. The van der Waals surface area contributed by atoms with Crippen LogP contribution in [0.4, 0.5) is 0 Å². The number of rotatable bonds is 5. The molecule has 2 aliphatic rings. The maximum absolute atomic E-state index is 13.0. The van der Waals surface area contributed by atoms with Gasteiger partial charge in [-0.15, -0.1) is 10.2 Å². The standard InChI is InChI=1S/C23H22ClN3O4/c24-18-4-2-1-3-17(18)23-26-25-21(31-23)14-27-9-7-15(8-10-27)22(28)16-5-6-19-20(13-16)30-12-11-29-19/h1-6,13,15H,7-12,14H2. The fourth-order valence-corrected chi connectivity index (χ4v) is 4.25. The summed E-state index contributed by atoms with van der Waals surface area (Å²) < 4.78 is 17.0. The molecule has 160 valence electrons. The second-order valence-electron chi connectivity index (χ2n) is 7.75. The molecule has 0 bridgehead atoms. The number of likely N-dealkylation sites (tertiary alicyclic amines) is 1. The molecule has 1 aromatic heterocycles. The highest BCUT2D eigenvalue weighted by Gasteiger charge is 2.27. The molecule has 0 N–H and O–H groups in total. The number of hydrogen-bond donors (Lipinski definition) is 0. The summed E-state index contributed by atoms with van der Waals surface area (Å²) in [5.41, 5.74) is 1.41. The van der Waals surface area contributed by atoms with Gasteiger partial charge in [0.1, 0.15) is 13.2 Å². The highest BCUT2D eigenvalue weighted by Crippen LogP contribution is 2.33. The van der Waals surface area contributed by atoms with E-state index in [2.05, 4.69) is 15.1 Å². The molecule has 2 aliphatic heterocycles. The van der Waals surface area contributed by atoms with Gasteiger partial charge in [-0.25, -0.2) is 0 Å². The number of Topliss-reactive ketones (excluding diaryl/α,β-unsaturated/α-hetero) is 1. The number of carbonyl (C=O) groups is 1. The van der Waals surface area contributed by atoms with Crippen molar-refractivity contribution in [3.8, 4) is 23.0 Å². The van der Waals surface area contributed by atoms with Gasteiger partial charge in [-0.2, -0.15) is 0 Å². The molecule has 0 aliphatic carbocycles. The third-order valence-electron chi connectivity index (χ3n) is 5.72. The lowest BCUT2D eigenvalue weighted by Gasteiger charge is -2.30. The molecule has 1 fully saturated rings. The van der Waals surface area contributed by atoms with E-state index in [9.17, 15) is 4.79 Å². The van der Waals surface area contributed by atoms with E-state index in [-0.39, 0.29) is 11.7 Å². The van der Waals surface area contributed by atoms with Crippen molar-refractivity contribution in [2.75, 3.05) is 26.3 Å². The molecule has 0 atom stereocenters. The summed E-state index contributed by atoms with van der Waals surface area (Å²) in [7, 11) is 0. The molecule has 8 heteroatoms. The zero-order valence-electron chi connectivity index (χ0n) is 16.9. The number of fused-ring (bicyclic) bond motifs is 1.